The normalized spacial score (nSPS) is 14.0. The number of hydrogen-bond acceptors (Lipinski definition) is 4. The second kappa shape index (κ2) is 9.07. The molecule has 0 unspecified atom stereocenters. The lowest BCUT2D eigenvalue weighted by Gasteiger charge is -2.25. The zero-order valence-electron chi connectivity index (χ0n) is 13.3. The molecule has 1 rings (SSSR count). The van der Waals surface area contributed by atoms with Crippen molar-refractivity contribution in [2.75, 3.05) is 32.6 Å². The topological polar surface area (TPSA) is 52.6 Å². The molecule has 0 saturated carbocycles. The predicted molar refractivity (Wildman–Crippen MR) is 89.6 cm³/mol. The molecule has 1 amide bonds. The van der Waals surface area contributed by atoms with E-state index in [1.54, 1.807) is 11.8 Å². The van der Waals surface area contributed by atoms with Crippen molar-refractivity contribution < 1.29 is 9.90 Å². The molecule has 0 aliphatic carbocycles. The Balaban J connectivity index is 2.59. The molecule has 2 N–H and O–H groups in total. The average Bonchev–Trinajstić information content (AvgIpc) is 2.46. The molecule has 118 valence electrons. The van der Waals surface area contributed by atoms with E-state index in [1.165, 1.54) is 5.56 Å². The Morgan fingerprint density at radius 1 is 1.33 bits per heavy atom. The number of thioether (sulfide) groups is 1. The largest absolute Gasteiger partial charge is 0.383 e. The van der Waals surface area contributed by atoms with E-state index in [4.69, 9.17) is 0 Å². The van der Waals surface area contributed by atoms with E-state index >= 15 is 0 Å². The molecule has 0 bridgehead atoms. The second-order valence-electron chi connectivity index (χ2n) is 5.43. The van der Waals surface area contributed by atoms with Gasteiger partial charge in [-0.25, -0.2) is 0 Å². The van der Waals surface area contributed by atoms with Crippen LogP contribution in [0.15, 0.2) is 24.3 Å². The van der Waals surface area contributed by atoms with Gasteiger partial charge >= 0.3 is 0 Å². The number of carbonyl (C=O) groups excluding carboxylic acids is 1. The monoisotopic (exact) mass is 310 g/mol. The van der Waals surface area contributed by atoms with Crippen molar-refractivity contribution in [3.05, 3.63) is 35.4 Å². The van der Waals surface area contributed by atoms with Crippen molar-refractivity contribution in [2.24, 2.45) is 0 Å². The van der Waals surface area contributed by atoms with Crippen LogP contribution in [0.2, 0.25) is 0 Å². The summed E-state index contributed by atoms with van der Waals surface area (Å²) in [6.45, 7) is 2.55. The first-order valence-corrected chi connectivity index (χ1v) is 8.52. The third-order valence-corrected chi connectivity index (χ3v) is 4.10. The molecule has 1 aromatic rings. The number of benzene rings is 1. The highest BCUT2D eigenvalue weighted by Gasteiger charge is 2.18. The Bertz CT molecular complexity index is 434. The van der Waals surface area contributed by atoms with Gasteiger partial charge in [-0.15, -0.1) is 0 Å². The van der Waals surface area contributed by atoms with Gasteiger partial charge in [0.05, 0.1) is 6.04 Å². The molecule has 0 aromatic heterocycles. The Morgan fingerprint density at radius 3 is 2.48 bits per heavy atom. The molecule has 0 aliphatic rings. The number of amides is 1. The lowest BCUT2D eigenvalue weighted by molar-refractivity contribution is -0.129. The Labute approximate surface area is 131 Å². The zero-order valence-corrected chi connectivity index (χ0v) is 14.1. The molecule has 0 aliphatic heterocycles. The first kappa shape index (κ1) is 18.0. The summed E-state index contributed by atoms with van der Waals surface area (Å²) in [5.41, 5.74) is 2.37. The van der Waals surface area contributed by atoms with E-state index < -0.39 is 6.10 Å². The maximum atomic E-state index is 11.9. The molecule has 0 spiro atoms. The molecular formula is C16H26N2O2S. The van der Waals surface area contributed by atoms with Gasteiger partial charge in [-0.05, 0) is 45.0 Å². The summed E-state index contributed by atoms with van der Waals surface area (Å²) >= 11 is 1.63. The van der Waals surface area contributed by atoms with Crippen LogP contribution < -0.4 is 5.32 Å². The fraction of sp³-hybridized carbons (Fsp3) is 0.562. The van der Waals surface area contributed by atoms with E-state index in [2.05, 4.69) is 41.4 Å². The minimum absolute atomic E-state index is 0.0994. The molecule has 1 aromatic carbocycles. The van der Waals surface area contributed by atoms with Crippen LogP contribution in [-0.4, -0.2) is 54.7 Å². The summed E-state index contributed by atoms with van der Waals surface area (Å²) in [5.74, 6) is 0.493. The molecule has 5 heteroatoms. The van der Waals surface area contributed by atoms with E-state index in [0.29, 0.717) is 13.0 Å². The predicted octanol–water partition coefficient (Wildman–Crippen LogP) is 1.83. The lowest BCUT2D eigenvalue weighted by Crippen LogP contribution is -2.40. The molecular weight excluding hydrogens is 284 g/mol. The van der Waals surface area contributed by atoms with Gasteiger partial charge in [0, 0.05) is 6.54 Å². The highest BCUT2D eigenvalue weighted by Crippen LogP contribution is 2.18. The average molecular weight is 310 g/mol. The second-order valence-corrected chi connectivity index (χ2v) is 6.42. The molecule has 0 radical (unpaired) electrons. The van der Waals surface area contributed by atoms with Crippen LogP contribution in [-0.2, 0) is 4.79 Å². The highest BCUT2D eigenvalue weighted by molar-refractivity contribution is 7.98. The molecule has 0 heterocycles. The van der Waals surface area contributed by atoms with Crippen molar-refractivity contribution in [3.8, 4) is 0 Å². The number of rotatable bonds is 8. The van der Waals surface area contributed by atoms with E-state index in [-0.39, 0.29) is 11.9 Å². The maximum Gasteiger partial charge on any atom is 0.248 e. The summed E-state index contributed by atoms with van der Waals surface area (Å²) < 4.78 is 0. The van der Waals surface area contributed by atoms with Gasteiger partial charge in [0.1, 0.15) is 6.10 Å². The minimum Gasteiger partial charge on any atom is -0.383 e. The standard InChI is InChI=1S/C16H26N2O2S/c1-12-5-7-13(8-6-12)14(18(2)3)11-17-16(20)15(19)9-10-21-4/h5-8,14-15,19H,9-11H2,1-4H3,(H,17,20)/t14-,15-/m1/s1. The third kappa shape index (κ3) is 6.08. The van der Waals surface area contributed by atoms with E-state index in [9.17, 15) is 9.90 Å². The maximum absolute atomic E-state index is 11.9. The van der Waals surface area contributed by atoms with Crippen LogP contribution in [0, 0.1) is 6.92 Å². The first-order chi connectivity index (χ1) is 9.95. The van der Waals surface area contributed by atoms with Crippen molar-refractivity contribution in [3.63, 3.8) is 0 Å². The summed E-state index contributed by atoms with van der Waals surface area (Å²) in [5, 5.41) is 12.6. The highest BCUT2D eigenvalue weighted by atomic mass is 32.2. The number of likely N-dealkylation sites (N-methyl/N-ethyl adjacent to an activating group) is 1. The molecule has 4 nitrogen and oxygen atoms in total. The molecule has 21 heavy (non-hydrogen) atoms. The fourth-order valence-electron chi connectivity index (χ4n) is 2.06. The summed E-state index contributed by atoms with van der Waals surface area (Å²) in [4.78, 5) is 13.9. The summed E-state index contributed by atoms with van der Waals surface area (Å²) in [7, 11) is 3.97. The van der Waals surface area contributed by atoms with Gasteiger partial charge in [-0.2, -0.15) is 11.8 Å². The molecule has 0 fully saturated rings. The van der Waals surface area contributed by atoms with Crippen molar-refractivity contribution in [2.45, 2.75) is 25.5 Å². The Hall–Kier alpha value is -1.04. The van der Waals surface area contributed by atoms with Crippen molar-refractivity contribution >= 4 is 17.7 Å². The Kier molecular flexibility index (Phi) is 7.78. The number of carbonyl (C=O) groups is 1. The number of aliphatic hydroxyl groups excluding tert-OH is 1. The van der Waals surface area contributed by atoms with Gasteiger partial charge in [-0.3, -0.25) is 4.79 Å². The number of nitrogens with zero attached hydrogens (tertiary/aromatic N) is 1. The number of aliphatic hydroxyl groups is 1. The van der Waals surface area contributed by atoms with Gasteiger partial charge < -0.3 is 15.3 Å². The third-order valence-electron chi connectivity index (χ3n) is 3.45. The van der Waals surface area contributed by atoms with Crippen LogP contribution in [0.4, 0.5) is 0 Å². The van der Waals surface area contributed by atoms with E-state index in [0.717, 1.165) is 11.3 Å². The zero-order chi connectivity index (χ0) is 15.8. The quantitative estimate of drug-likeness (QED) is 0.769. The van der Waals surface area contributed by atoms with Crippen LogP contribution in [0.3, 0.4) is 0 Å². The van der Waals surface area contributed by atoms with Crippen LogP contribution in [0.25, 0.3) is 0 Å². The fourth-order valence-corrected chi connectivity index (χ4v) is 2.52. The van der Waals surface area contributed by atoms with Crippen molar-refractivity contribution in [1.82, 2.24) is 10.2 Å². The molecule has 0 saturated heterocycles. The minimum atomic E-state index is -0.918. The van der Waals surface area contributed by atoms with Gasteiger partial charge in [-0.1, -0.05) is 29.8 Å². The number of hydrogen-bond donors (Lipinski definition) is 2. The summed E-state index contributed by atoms with van der Waals surface area (Å²) in [6.07, 6.45) is 1.53. The number of aryl methyl sites for hydroxylation is 1. The van der Waals surface area contributed by atoms with Gasteiger partial charge in [0.15, 0.2) is 0 Å². The van der Waals surface area contributed by atoms with Crippen LogP contribution >= 0.6 is 11.8 Å². The van der Waals surface area contributed by atoms with Crippen LogP contribution in [0.5, 0.6) is 0 Å². The smallest absolute Gasteiger partial charge is 0.248 e. The Morgan fingerprint density at radius 2 is 1.95 bits per heavy atom. The first-order valence-electron chi connectivity index (χ1n) is 7.13. The SMILES string of the molecule is CSCC[C@@H](O)C(=O)NC[C@H](c1ccc(C)cc1)N(C)C. The van der Waals surface area contributed by atoms with Gasteiger partial charge in [0.25, 0.3) is 0 Å². The number of nitrogens with one attached hydrogen (secondary N) is 1. The van der Waals surface area contributed by atoms with Gasteiger partial charge in [0.2, 0.25) is 5.91 Å². The lowest BCUT2D eigenvalue weighted by atomic mass is 10.0. The van der Waals surface area contributed by atoms with E-state index in [1.807, 2.05) is 20.4 Å². The van der Waals surface area contributed by atoms with Crippen molar-refractivity contribution in [1.29, 1.82) is 0 Å². The molecule has 2 atom stereocenters. The summed E-state index contributed by atoms with van der Waals surface area (Å²) in [6, 6.07) is 8.40. The van der Waals surface area contributed by atoms with Crippen LogP contribution in [0.1, 0.15) is 23.6 Å².